The van der Waals surface area contributed by atoms with Gasteiger partial charge in [-0.15, -0.1) is 0 Å². The molecule has 0 spiro atoms. The molecule has 1 saturated heterocycles. The maximum Gasteiger partial charge on any atom is 0.0642 e. The molecule has 0 radical (unpaired) electrons. The van der Waals surface area contributed by atoms with Crippen molar-refractivity contribution < 1.29 is 9.84 Å². The first-order chi connectivity index (χ1) is 8.40. The molecule has 92 valence electrons. The second kappa shape index (κ2) is 6.37. The number of nitrogens with zero attached hydrogens (tertiary/aromatic N) is 2. The largest absolute Gasteiger partial charge is 0.394 e. The van der Waals surface area contributed by atoms with Crippen molar-refractivity contribution in [2.45, 2.75) is 0 Å². The summed E-state index contributed by atoms with van der Waals surface area (Å²) in [6.45, 7) is 4.09. The van der Waals surface area contributed by atoms with Crippen LogP contribution in [0.1, 0.15) is 5.56 Å². The first-order valence-corrected chi connectivity index (χ1v) is 5.93. The number of hydrogen-bond acceptors (Lipinski definition) is 4. The van der Waals surface area contributed by atoms with Gasteiger partial charge in [0.2, 0.25) is 0 Å². The quantitative estimate of drug-likeness (QED) is 0.788. The Hall–Kier alpha value is -1.39. The Labute approximate surface area is 102 Å². The van der Waals surface area contributed by atoms with Gasteiger partial charge in [0, 0.05) is 25.0 Å². The molecular formula is C13H18N2O2. The number of morpholine rings is 1. The minimum atomic E-state index is 0.0996. The van der Waals surface area contributed by atoms with Crippen molar-refractivity contribution in [2.24, 2.45) is 4.99 Å². The molecule has 1 aliphatic heterocycles. The average Bonchev–Trinajstić information content (AvgIpc) is 2.41. The Kier molecular flexibility index (Phi) is 4.53. The summed E-state index contributed by atoms with van der Waals surface area (Å²) < 4.78 is 5.32. The zero-order chi connectivity index (χ0) is 11.9. The molecule has 0 atom stereocenters. The van der Waals surface area contributed by atoms with Crippen LogP contribution in [0.2, 0.25) is 0 Å². The van der Waals surface area contributed by atoms with Crippen molar-refractivity contribution in [2.75, 3.05) is 44.4 Å². The molecule has 0 amide bonds. The summed E-state index contributed by atoms with van der Waals surface area (Å²) in [5.74, 6) is 0. The van der Waals surface area contributed by atoms with Crippen LogP contribution in [0.5, 0.6) is 0 Å². The summed E-state index contributed by atoms with van der Waals surface area (Å²) in [6.07, 6.45) is 1.79. The molecule has 0 bridgehead atoms. The van der Waals surface area contributed by atoms with E-state index < -0.39 is 0 Å². The summed E-state index contributed by atoms with van der Waals surface area (Å²) in [5, 5.41) is 8.63. The third-order valence-corrected chi connectivity index (χ3v) is 2.74. The maximum absolute atomic E-state index is 8.63. The Bertz CT molecular complexity index is 356. The molecule has 17 heavy (non-hydrogen) atoms. The van der Waals surface area contributed by atoms with Gasteiger partial charge in [0.25, 0.3) is 0 Å². The Balaban J connectivity index is 1.97. The van der Waals surface area contributed by atoms with Crippen LogP contribution in [0.15, 0.2) is 29.3 Å². The van der Waals surface area contributed by atoms with Crippen LogP contribution in [0.3, 0.4) is 0 Å². The van der Waals surface area contributed by atoms with E-state index in [0.717, 1.165) is 31.9 Å². The van der Waals surface area contributed by atoms with Crippen molar-refractivity contribution in [1.82, 2.24) is 0 Å². The number of hydrogen-bond donors (Lipinski definition) is 1. The van der Waals surface area contributed by atoms with Crippen molar-refractivity contribution >= 4 is 11.9 Å². The van der Waals surface area contributed by atoms with E-state index in [9.17, 15) is 0 Å². The van der Waals surface area contributed by atoms with E-state index in [0.29, 0.717) is 6.54 Å². The number of rotatable bonds is 4. The van der Waals surface area contributed by atoms with Gasteiger partial charge in [-0.3, -0.25) is 4.99 Å². The lowest BCUT2D eigenvalue weighted by atomic mass is 10.2. The Morgan fingerprint density at radius 3 is 2.59 bits per heavy atom. The minimum Gasteiger partial charge on any atom is -0.394 e. The average molecular weight is 234 g/mol. The first kappa shape index (κ1) is 12.1. The first-order valence-electron chi connectivity index (χ1n) is 5.93. The molecule has 1 aromatic rings. The molecule has 2 rings (SSSR count). The molecule has 1 aliphatic rings. The molecule has 1 heterocycles. The normalized spacial score (nSPS) is 16.6. The zero-order valence-corrected chi connectivity index (χ0v) is 9.88. The van der Waals surface area contributed by atoms with Gasteiger partial charge in [0.05, 0.1) is 26.4 Å². The van der Waals surface area contributed by atoms with Gasteiger partial charge >= 0.3 is 0 Å². The summed E-state index contributed by atoms with van der Waals surface area (Å²) in [4.78, 5) is 6.41. The number of ether oxygens (including phenoxy) is 1. The van der Waals surface area contributed by atoms with Gasteiger partial charge in [0.15, 0.2) is 0 Å². The van der Waals surface area contributed by atoms with E-state index in [1.807, 2.05) is 12.1 Å². The number of anilines is 1. The molecule has 0 unspecified atom stereocenters. The molecule has 1 aromatic carbocycles. The van der Waals surface area contributed by atoms with Crippen LogP contribution in [0, 0.1) is 0 Å². The standard InChI is InChI=1S/C13H18N2O2/c16-8-5-14-11-12-1-3-13(4-2-12)15-6-9-17-10-7-15/h1-4,11,16H,5-10H2/b14-11+. The third kappa shape index (κ3) is 3.54. The fraction of sp³-hybridized carbons (Fsp3) is 0.462. The highest BCUT2D eigenvalue weighted by molar-refractivity contribution is 5.80. The summed E-state index contributed by atoms with van der Waals surface area (Å²) >= 11 is 0. The van der Waals surface area contributed by atoms with Gasteiger partial charge in [0.1, 0.15) is 0 Å². The topological polar surface area (TPSA) is 45.1 Å². The molecule has 0 saturated carbocycles. The predicted molar refractivity (Wildman–Crippen MR) is 69.0 cm³/mol. The van der Waals surface area contributed by atoms with Crippen molar-refractivity contribution in [1.29, 1.82) is 0 Å². The maximum atomic E-state index is 8.63. The second-order valence-corrected chi connectivity index (χ2v) is 3.95. The lowest BCUT2D eigenvalue weighted by Gasteiger charge is -2.28. The molecule has 4 nitrogen and oxygen atoms in total. The molecule has 0 aromatic heterocycles. The number of aliphatic hydroxyl groups is 1. The zero-order valence-electron chi connectivity index (χ0n) is 9.88. The van der Waals surface area contributed by atoms with E-state index in [-0.39, 0.29) is 6.61 Å². The van der Waals surface area contributed by atoms with Crippen molar-refractivity contribution in [3.05, 3.63) is 29.8 Å². The highest BCUT2D eigenvalue weighted by Gasteiger charge is 2.10. The van der Waals surface area contributed by atoms with Crippen LogP contribution in [0.25, 0.3) is 0 Å². The van der Waals surface area contributed by atoms with E-state index >= 15 is 0 Å². The van der Waals surface area contributed by atoms with Crippen LogP contribution in [-0.4, -0.2) is 50.8 Å². The number of aliphatic hydroxyl groups excluding tert-OH is 1. The fourth-order valence-electron chi connectivity index (χ4n) is 1.82. The van der Waals surface area contributed by atoms with Gasteiger partial charge in [-0.2, -0.15) is 0 Å². The van der Waals surface area contributed by atoms with Gasteiger partial charge < -0.3 is 14.7 Å². The number of aliphatic imine (C=N–C) groups is 1. The fourth-order valence-corrected chi connectivity index (χ4v) is 1.82. The van der Waals surface area contributed by atoms with Crippen LogP contribution in [0.4, 0.5) is 5.69 Å². The minimum absolute atomic E-state index is 0.0996. The van der Waals surface area contributed by atoms with E-state index in [2.05, 4.69) is 22.0 Å². The third-order valence-electron chi connectivity index (χ3n) is 2.74. The van der Waals surface area contributed by atoms with Crippen LogP contribution >= 0.6 is 0 Å². The predicted octanol–water partition coefficient (Wildman–Crippen LogP) is 0.934. The Morgan fingerprint density at radius 2 is 1.94 bits per heavy atom. The molecular weight excluding hydrogens is 216 g/mol. The van der Waals surface area contributed by atoms with Crippen molar-refractivity contribution in [3.8, 4) is 0 Å². The van der Waals surface area contributed by atoms with E-state index in [4.69, 9.17) is 9.84 Å². The van der Waals surface area contributed by atoms with E-state index in [1.54, 1.807) is 6.21 Å². The smallest absolute Gasteiger partial charge is 0.0642 e. The summed E-state index contributed by atoms with van der Waals surface area (Å²) in [6, 6.07) is 8.30. The lowest BCUT2D eigenvalue weighted by molar-refractivity contribution is 0.122. The highest BCUT2D eigenvalue weighted by Crippen LogP contribution is 2.15. The molecule has 0 aliphatic carbocycles. The van der Waals surface area contributed by atoms with Crippen LogP contribution in [-0.2, 0) is 4.74 Å². The Morgan fingerprint density at radius 1 is 1.24 bits per heavy atom. The molecule has 1 fully saturated rings. The van der Waals surface area contributed by atoms with Crippen LogP contribution < -0.4 is 4.90 Å². The lowest BCUT2D eigenvalue weighted by Crippen LogP contribution is -2.36. The summed E-state index contributed by atoms with van der Waals surface area (Å²) in [5.41, 5.74) is 2.29. The molecule has 1 N–H and O–H groups in total. The van der Waals surface area contributed by atoms with E-state index in [1.165, 1.54) is 5.69 Å². The van der Waals surface area contributed by atoms with Gasteiger partial charge in [-0.1, -0.05) is 12.1 Å². The second-order valence-electron chi connectivity index (χ2n) is 3.95. The molecule has 4 heteroatoms. The monoisotopic (exact) mass is 234 g/mol. The highest BCUT2D eigenvalue weighted by atomic mass is 16.5. The van der Waals surface area contributed by atoms with Crippen molar-refractivity contribution in [3.63, 3.8) is 0 Å². The van der Waals surface area contributed by atoms with Gasteiger partial charge in [-0.05, 0) is 17.7 Å². The SMILES string of the molecule is OCC/N=C/c1ccc(N2CCOCC2)cc1. The van der Waals surface area contributed by atoms with Gasteiger partial charge in [-0.25, -0.2) is 0 Å². The number of benzene rings is 1. The summed E-state index contributed by atoms with van der Waals surface area (Å²) in [7, 11) is 0.